The van der Waals surface area contributed by atoms with Crippen LogP contribution in [0.2, 0.25) is 0 Å². The molecule has 0 fully saturated rings. The number of nitrogens with one attached hydrogen (secondary N) is 1. The predicted octanol–water partition coefficient (Wildman–Crippen LogP) is 2.82. The van der Waals surface area contributed by atoms with Crippen molar-refractivity contribution in [1.29, 1.82) is 0 Å². The lowest BCUT2D eigenvalue weighted by molar-refractivity contribution is 0.0948. The topological polar surface area (TPSA) is 51.5 Å². The summed E-state index contributed by atoms with van der Waals surface area (Å²) in [6.07, 6.45) is 1.58. The SMILES string of the molecule is COc1ccc(C(=O)NCc2ccco2)cc1I. The number of carbonyl (C=O) groups excluding carboxylic acids is 1. The number of hydrogen-bond acceptors (Lipinski definition) is 3. The highest BCUT2D eigenvalue weighted by Gasteiger charge is 2.09. The molecule has 2 rings (SSSR count). The molecule has 1 heterocycles. The molecule has 2 aromatic rings. The minimum Gasteiger partial charge on any atom is -0.496 e. The molecule has 0 aliphatic heterocycles. The van der Waals surface area contributed by atoms with Gasteiger partial charge >= 0.3 is 0 Å². The Kier molecular flexibility index (Phi) is 4.24. The fourth-order valence-electron chi connectivity index (χ4n) is 1.49. The molecule has 94 valence electrons. The van der Waals surface area contributed by atoms with Gasteiger partial charge in [-0.15, -0.1) is 0 Å². The lowest BCUT2D eigenvalue weighted by Crippen LogP contribution is -2.22. The van der Waals surface area contributed by atoms with E-state index in [1.807, 2.05) is 6.07 Å². The molecule has 5 heteroatoms. The standard InChI is InChI=1S/C13H12INO3/c1-17-12-5-4-9(7-11(12)14)13(16)15-8-10-3-2-6-18-10/h2-7H,8H2,1H3,(H,15,16). The first-order valence-corrected chi connectivity index (χ1v) is 6.42. The van der Waals surface area contributed by atoms with Crippen LogP contribution in [0.5, 0.6) is 5.75 Å². The first-order chi connectivity index (χ1) is 8.70. The van der Waals surface area contributed by atoms with Crippen molar-refractivity contribution in [3.8, 4) is 5.75 Å². The molecule has 18 heavy (non-hydrogen) atoms. The van der Waals surface area contributed by atoms with E-state index in [4.69, 9.17) is 9.15 Å². The van der Waals surface area contributed by atoms with Crippen LogP contribution in [0.15, 0.2) is 41.0 Å². The summed E-state index contributed by atoms with van der Waals surface area (Å²) < 4.78 is 11.2. The summed E-state index contributed by atoms with van der Waals surface area (Å²) in [5, 5.41) is 2.79. The van der Waals surface area contributed by atoms with E-state index in [0.717, 1.165) is 15.1 Å². The van der Waals surface area contributed by atoms with Crippen molar-refractivity contribution in [3.63, 3.8) is 0 Å². The van der Waals surface area contributed by atoms with Crippen molar-refractivity contribution in [2.75, 3.05) is 7.11 Å². The van der Waals surface area contributed by atoms with E-state index < -0.39 is 0 Å². The number of hydrogen-bond donors (Lipinski definition) is 1. The third kappa shape index (κ3) is 3.04. The van der Waals surface area contributed by atoms with Crippen LogP contribution in [0.25, 0.3) is 0 Å². The maximum Gasteiger partial charge on any atom is 0.251 e. The minimum absolute atomic E-state index is 0.132. The highest BCUT2D eigenvalue weighted by molar-refractivity contribution is 14.1. The van der Waals surface area contributed by atoms with Crippen molar-refractivity contribution in [1.82, 2.24) is 5.32 Å². The summed E-state index contributed by atoms with van der Waals surface area (Å²) in [4.78, 5) is 11.9. The van der Waals surface area contributed by atoms with Gasteiger partial charge in [0, 0.05) is 5.56 Å². The average molecular weight is 357 g/mol. The monoisotopic (exact) mass is 357 g/mol. The van der Waals surface area contributed by atoms with Gasteiger partial charge in [-0.05, 0) is 52.9 Å². The fraction of sp³-hybridized carbons (Fsp3) is 0.154. The quantitative estimate of drug-likeness (QED) is 0.857. The van der Waals surface area contributed by atoms with Gasteiger partial charge in [0.2, 0.25) is 0 Å². The third-order valence-corrected chi connectivity index (χ3v) is 3.26. The summed E-state index contributed by atoms with van der Waals surface area (Å²) in [6, 6.07) is 8.91. The van der Waals surface area contributed by atoms with E-state index >= 15 is 0 Å². The minimum atomic E-state index is -0.132. The molecule has 0 unspecified atom stereocenters. The number of halogens is 1. The van der Waals surface area contributed by atoms with E-state index in [9.17, 15) is 4.79 Å². The molecule has 1 N–H and O–H groups in total. The van der Waals surface area contributed by atoms with Crippen molar-refractivity contribution in [2.45, 2.75) is 6.54 Å². The molecule has 1 amide bonds. The van der Waals surface area contributed by atoms with Crippen LogP contribution in [0.4, 0.5) is 0 Å². The Morgan fingerprint density at radius 3 is 2.89 bits per heavy atom. The number of carbonyl (C=O) groups is 1. The van der Waals surface area contributed by atoms with Crippen LogP contribution >= 0.6 is 22.6 Å². The molecule has 0 saturated heterocycles. The van der Waals surface area contributed by atoms with Crippen LogP contribution in [0.1, 0.15) is 16.1 Å². The van der Waals surface area contributed by atoms with Crippen LogP contribution in [-0.2, 0) is 6.54 Å². The van der Waals surface area contributed by atoms with Gasteiger partial charge < -0.3 is 14.5 Å². The first kappa shape index (κ1) is 12.9. The molecule has 0 aliphatic rings. The Bertz CT molecular complexity index is 537. The second-order valence-corrected chi connectivity index (χ2v) is 4.77. The molecule has 0 spiro atoms. The molecule has 0 bridgehead atoms. The molecule has 0 aliphatic carbocycles. The largest absolute Gasteiger partial charge is 0.496 e. The van der Waals surface area contributed by atoms with Gasteiger partial charge in [-0.1, -0.05) is 0 Å². The zero-order valence-electron chi connectivity index (χ0n) is 9.77. The Morgan fingerprint density at radius 2 is 2.28 bits per heavy atom. The number of amides is 1. The van der Waals surface area contributed by atoms with Crippen molar-refractivity contribution in [3.05, 3.63) is 51.5 Å². The number of rotatable bonds is 4. The third-order valence-electron chi connectivity index (χ3n) is 2.42. The summed E-state index contributed by atoms with van der Waals surface area (Å²) in [5.74, 6) is 1.36. The van der Waals surface area contributed by atoms with Gasteiger partial charge in [0.15, 0.2) is 0 Å². The molecule has 1 aromatic heterocycles. The summed E-state index contributed by atoms with van der Waals surface area (Å²) in [7, 11) is 1.61. The summed E-state index contributed by atoms with van der Waals surface area (Å²) in [6.45, 7) is 0.383. The molecule has 4 nitrogen and oxygen atoms in total. The zero-order chi connectivity index (χ0) is 13.0. The lowest BCUT2D eigenvalue weighted by Gasteiger charge is -2.06. The Morgan fingerprint density at radius 1 is 1.44 bits per heavy atom. The zero-order valence-corrected chi connectivity index (χ0v) is 11.9. The molecule has 0 saturated carbocycles. The first-order valence-electron chi connectivity index (χ1n) is 5.35. The highest BCUT2D eigenvalue weighted by atomic mass is 127. The average Bonchev–Trinajstić information content (AvgIpc) is 2.89. The maximum absolute atomic E-state index is 11.9. The number of benzene rings is 1. The molecule has 0 atom stereocenters. The van der Waals surface area contributed by atoms with Crippen molar-refractivity contribution < 1.29 is 13.9 Å². The Hall–Kier alpha value is -1.50. The van der Waals surface area contributed by atoms with Gasteiger partial charge in [0.05, 0.1) is 23.5 Å². The summed E-state index contributed by atoms with van der Waals surface area (Å²) in [5.41, 5.74) is 0.603. The van der Waals surface area contributed by atoms with E-state index in [0.29, 0.717) is 12.1 Å². The van der Waals surface area contributed by atoms with Gasteiger partial charge in [-0.3, -0.25) is 4.79 Å². The summed E-state index contributed by atoms with van der Waals surface area (Å²) >= 11 is 2.13. The lowest BCUT2D eigenvalue weighted by atomic mass is 10.2. The highest BCUT2D eigenvalue weighted by Crippen LogP contribution is 2.21. The number of methoxy groups -OCH3 is 1. The van der Waals surface area contributed by atoms with E-state index in [2.05, 4.69) is 27.9 Å². The number of ether oxygens (including phenoxy) is 1. The second kappa shape index (κ2) is 5.90. The predicted molar refractivity (Wildman–Crippen MR) is 75.6 cm³/mol. The normalized spacial score (nSPS) is 10.1. The van der Waals surface area contributed by atoms with Gasteiger partial charge in [-0.25, -0.2) is 0 Å². The van der Waals surface area contributed by atoms with E-state index in [-0.39, 0.29) is 5.91 Å². The van der Waals surface area contributed by atoms with Crippen molar-refractivity contribution in [2.24, 2.45) is 0 Å². The van der Waals surface area contributed by atoms with Crippen molar-refractivity contribution >= 4 is 28.5 Å². The van der Waals surface area contributed by atoms with Gasteiger partial charge in [-0.2, -0.15) is 0 Å². The Balaban J connectivity index is 2.02. The van der Waals surface area contributed by atoms with Gasteiger partial charge in [0.1, 0.15) is 11.5 Å². The van der Waals surface area contributed by atoms with Gasteiger partial charge in [0.25, 0.3) is 5.91 Å². The van der Waals surface area contributed by atoms with Crippen LogP contribution < -0.4 is 10.1 Å². The fourth-order valence-corrected chi connectivity index (χ4v) is 2.23. The second-order valence-electron chi connectivity index (χ2n) is 3.61. The van der Waals surface area contributed by atoms with Crippen LogP contribution in [0.3, 0.4) is 0 Å². The maximum atomic E-state index is 11.9. The number of furan rings is 1. The smallest absolute Gasteiger partial charge is 0.251 e. The van der Waals surface area contributed by atoms with E-state index in [1.54, 1.807) is 37.6 Å². The molecular formula is C13H12INO3. The van der Waals surface area contributed by atoms with E-state index in [1.165, 1.54) is 0 Å². The molecule has 1 aromatic carbocycles. The molecular weight excluding hydrogens is 345 g/mol. The van der Waals surface area contributed by atoms with Crippen LogP contribution in [0, 0.1) is 3.57 Å². The molecule has 0 radical (unpaired) electrons. The Labute approximate surface area is 118 Å². The van der Waals surface area contributed by atoms with Crippen LogP contribution in [-0.4, -0.2) is 13.0 Å².